The molecule has 1 aliphatic rings. The number of alkyl carbamates (subject to hydrolysis) is 1. The molecular weight excluding hydrogens is 529 g/mol. The van der Waals surface area contributed by atoms with E-state index >= 15 is 0 Å². The Balaban J connectivity index is 1.72. The van der Waals surface area contributed by atoms with Crippen molar-refractivity contribution in [2.24, 2.45) is 5.92 Å². The van der Waals surface area contributed by atoms with Crippen molar-refractivity contribution >= 4 is 23.6 Å². The largest absolute Gasteiger partial charge is 0.444 e. The first-order valence-corrected chi connectivity index (χ1v) is 14.7. The van der Waals surface area contributed by atoms with Gasteiger partial charge in [0.25, 0.3) is 0 Å². The van der Waals surface area contributed by atoms with Gasteiger partial charge in [-0.15, -0.1) is 0 Å². The van der Waals surface area contributed by atoms with Gasteiger partial charge in [-0.25, -0.2) is 9.18 Å². The van der Waals surface area contributed by atoms with Crippen molar-refractivity contribution in [2.45, 2.75) is 77.4 Å². The third kappa shape index (κ3) is 9.77. The molecule has 1 N–H and O–H groups in total. The van der Waals surface area contributed by atoms with Crippen LogP contribution in [0.5, 0.6) is 0 Å². The normalized spacial score (nSPS) is 16.1. The van der Waals surface area contributed by atoms with Gasteiger partial charge in [0.1, 0.15) is 17.5 Å². The Kier molecular flexibility index (Phi) is 11.4. The first-order chi connectivity index (χ1) is 18.8. The summed E-state index contributed by atoms with van der Waals surface area (Å²) in [5.74, 6) is 0.370. The van der Waals surface area contributed by atoms with Crippen molar-refractivity contribution in [1.82, 2.24) is 15.1 Å². The number of carbonyl (C=O) groups excluding carboxylic acids is 2. The van der Waals surface area contributed by atoms with E-state index in [4.69, 9.17) is 16.3 Å². The summed E-state index contributed by atoms with van der Waals surface area (Å²) < 4.78 is 19.7. The maximum atomic E-state index is 14.3. The van der Waals surface area contributed by atoms with Crippen LogP contribution in [0.1, 0.15) is 69.6 Å². The molecule has 1 aliphatic heterocycles. The van der Waals surface area contributed by atoms with E-state index in [1.54, 1.807) is 45.0 Å². The Morgan fingerprint density at radius 3 is 2.33 bits per heavy atom. The van der Waals surface area contributed by atoms with Crippen LogP contribution in [-0.4, -0.2) is 67.2 Å². The number of nitrogens with zero attached hydrogens (tertiary/aromatic N) is 2. The molecule has 6 nitrogen and oxygen atoms in total. The van der Waals surface area contributed by atoms with Crippen molar-refractivity contribution in [3.05, 3.63) is 70.0 Å². The number of amides is 2. The quantitative estimate of drug-likeness (QED) is 0.355. The molecule has 1 unspecified atom stereocenters. The smallest absolute Gasteiger partial charge is 0.408 e. The molecular formula is C32H45ClFN3O3. The molecule has 2 aromatic rings. The van der Waals surface area contributed by atoms with Crippen molar-refractivity contribution in [3.8, 4) is 0 Å². The third-order valence-corrected chi connectivity index (χ3v) is 7.65. The summed E-state index contributed by atoms with van der Waals surface area (Å²) in [5.41, 5.74) is 2.49. The Labute approximate surface area is 244 Å². The second-order valence-corrected chi connectivity index (χ2v) is 12.6. The number of halogens is 2. The Bertz CT molecular complexity index is 1130. The zero-order chi connectivity index (χ0) is 29.4. The Hall–Kier alpha value is -2.64. The molecule has 3 rings (SSSR count). The molecule has 2 aromatic carbocycles. The Morgan fingerprint density at radius 1 is 1.10 bits per heavy atom. The molecule has 0 radical (unpaired) electrons. The zero-order valence-electron chi connectivity index (χ0n) is 24.8. The van der Waals surface area contributed by atoms with Crippen LogP contribution in [-0.2, 0) is 22.4 Å². The van der Waals surface area contributed by atoms with E-state index in [-0.39, 0.29) is 17.6 Å². The zero-order valence-corrected chi connectivity index (χ0v) is 25.6. The van der Waals surface area contributed by atoms with Crippen LogP contribution < -0.4 is 5.32 Å². The van der Waals surface area contributed by atoms with E-state index in [9.17, 15) is 14.0 Å². The van der Waals surface area contributed by atoms with Gasteiger partial charge in [-0.3, -0.25) is 4.79 Å². The van der Waals surface area contributed by atoms with E-state index in [2.05, 4.69) is 31.2 Å². The van der Waals surface area contributed by atoms with Crippen LogP contribution in [0.2, 0.25) is 5.02 Å². The maximum absolute atomic E-state index is 14.3. The minimum absolute atomic E-state index is 0.129. The standard InChI is InChI=1S/C32H45ClFN3O3/c1-7-22(21-36(5)6)18-25-20-27(34)12-13-28(25)24-14-16-37(17-15-24)30(38)29(35-31(39)40-32(2,3)4)19-23-8-10-26(33)11-9-23/h8-13,20,22,24,29H,7,14-19,21H2,1-6H3,(H,35,39)/t22?,29-/m1/s1. The summed E-state index contributed by atoms with van der Waals surface area (Å²) in [6, 6.07) is 11.7. The van der Waals surface area contributed by atoms with Gasteiger partial charge in [-0.1, -0.05) is 43.1 Å². The highest BCUT2D eigenvalue weighted by Gasteiger charge is 2.32. The van der Waals surface area contributed by atoms with Gasteiger partial charge in [-0.2, -0.15) is 0 Å². The SMILES string of the molecule is CCC(Cc1cc(F)ccc1C1CCN(C(=O)[C@@H](Cc2ccc(Cl)cc2)NC(=O)OC(C)(C)C)CC1)CN(C)C. The van der Waals surface area contributed by atoms with Gasteiger partial charge < -0.3 is 19.9 Å². The lowest BCUT2D eigenvalue weighted by atomic mass is 9.83. The molecule has 2 amide bonds. The van der Waals surface area contributed by atoms with E-state index in [0.29, 0.717) is 30.5 Å². The van der Waals surface area contributed by atoms with Crippen molar-refractivity contribution in [3.63, 3.8) is 0 Å². The van der Waals surface area contributed by atoms with Crippen molar-refractivity contribution < 1.29 is 18.7 Å². The predicted octanol–water partition coefficient (Wildman–Crippen LogP) is 6.45. The van der Waals surface area contributed by atoms with Crippen LogP contribution in [0.3, 0.4) is 0 Å². The summed E-state index contributed by atoms with van der Waals surface area (Å²) in [6.07, 6.45) is 3.16. The first kappa shape index (κ1) is 31.9. The van der Waals surface area contributed by atoms with Crippen LogP contribution in [0.15, 0.2) is 42.5 Å². The molecule has 8 heteroatoms. The van der Waals surface area contributed by atoms with E-state index in [0.717, 1.165) is 43.4 Å². The number of benzene rings is 2. The number of hydrogen-bond acceptors (Lipinski definition) is 4. The van der Waals surface area contributed by atoms with Gasteiger partial charge in [0, 0.05) is 31.1 Å². The maximum Gasteiger partial charge on any atom is 0.408 e. The fourth-order valence-corrected chi connectivity index (χ4v) is 5.58. The molecule has 0 aliphatic carbocycles. The predicted molar refractivity (Wildman–Crippen MR) is 159 cm³/mol. The van der Waals surface area contributed by atoms with Crippen LogP contribution in [0.4, 0.5) is 9.18 Å². The fourth-order valence-electron chi connectivity index (χ4n) is 5.45. The second kappa shape index (κ2) is 14.3. The summed E-state index contributed by atoms with van der Waals surface area (Å²) in [5, 5.41) is 3.42. The molecule has 0 aromatic heterocycles. The average Bonchev–Trinajstić information content (AvgIpc) is 2.87. The average molecular weight is 574 g/mol. The van der Waals surface area contributed by atoms with Gasteiger partial charge in [-0.05, 0) is 107 Å². The fraction of sp³-hybridized carbons (Fsp3) is 0.562. The van der Waals surface area contributed by atoms with E-state index < -0.39 is 17.7 Å². The highest BCUT2D eigenvalue weighted by molar-refractivity contribution is 6.30. The molecule has 40 heavy (non-hydrogen) atoms. The van der Waals surface area contributed by atoms with Crippen LogP contribution >= 0.6 is 11.6 Å². The molecule has 1 saturated heterocycles. The topological polar surface area (TPSA) is 61.9 Å². The lowest BCUT2D eigenvalue weighted by molar-refractivity contribution is -0.134. The van der Waals surface area contributed by atoms with Gasteiger partial charge in [0.05, 0.1) is 0 Å². The summed E-state index contributed by atoms with van der Waals surface area (Å²) in [4.78, 5) is 30.3. The number of nitrogens with one attached hydrogen (secondary N) is 1. The van der Waals surface area contributed by atoms with Crippen molar-refractivity contribution in [1.29, 1.82) is 0 Å². The molecule has 2 atom stereocenters. The minimum atomic E-state index is -0.759. The molecule has 0 spiro atoms. The lowest BCUT2D eigenvalue weighted by Crippen LogP contribution is -2.52. The molecule has 220 valence electrons. The monoisotopic (exact) mass is 573 g/mol. The van der Waals surface area contributed by atoms with Crippen molar-refractivity contribution in [2.75, 3.05) is 33.7 Å². The molecule has 1 heterocycles. The summed E-state index contributed by atoms with van der Waals surface area (Å²) >= 11 is 6.04. The number of piperidine rings is 1. The highest BCUT2D eigenvalue weighted by Crippen LogP contribution is 2.33. The molecule has 1 fully saturated rings. The van der Waals surface area contributed by atoms with Gasteiger partial charge in [0.2, 0.25) is 5.91 Å². The molecule has 0 bridgehead atoms. The number of rotatable bonds is 10. The number of likely N-dealkylation sites (tertiary alicyclic amines) is 1. The van der Waals surface area contributed by atoms with Crippen LogP contribution in [0.25, 0.3) is 0 Å². The summed E-state index contributed by atoms with van der Waals surface area (Å²) in [6.45, 7) is 9.66. The first-order valence-electron chi connectivity index (χ1n) is 14.3. The lowest BCUT2D eigenvalue weighted by Gasteiger charge is -2.35. The Morgan fingerprint density at radius 2 is 1.75 bits per heavy atom. The summed E-state index contributed by atoms with van der Waals surface area (Å²) in [7, 11) is 4.14. The minimum Gasteiger partial charge on any atom is -0.444 e. The second-order valence-electron chi connectivity index (χ2n) is 12.2. The van der Waals surface area contributed by atoms with Gasteiger partial charge in [0.15, 0.2) is 0 Å². The number of hydrogen-bond donors (Lipinski definition) is 1. The number of carbonyl (C=O) groups is 2. The van der Waals surface area contributed by atoms with Crippen LogP contribution in [0, 0.1) is 11.7 Å². The van der Waals surface area contributed by atoms with E-state index in [1.807, 2.05) is 23.1 Å². The van der Waals surface area contributed by atoms with Gasteiger partial charge >= 0.3 is 6.09 Å². The molecule has 0 saturated carbocycles. The van der Waals surface area contributed by atoms with E-state index in [1.165, 1.54) is 5.56 Å². The third-order valence-electron chi connectivity index (χ3n) is 7.40. The number of ether oxygens (including phenoxy) is 1. The highest BCUT2D eigenvalue weighted by atomic mass is 35.5.